The summed E-state index contributed by atoms with van der Waals surface area (Å²) in [6.07, 6.45) is 0. The van der Waals surface area contributed by atoms with E-state index in [0.717, 1.165) is 11.3 Å². The van der Waals surface area contributed by atoms with Gasteiger partial charge >= 0.3 is 0 Å². The van der Waals surface area contributed by atoms with Crippen molar-refractivity contribution in [1.82, 2.24) is 4.31 Å². The third-order valence-corrected chi connectivity index (χ3v) is 5.69. The molecule has 0 aliphatic rings. The first-order valence-electron chi connectivity index (χ1n) is 6.52. The van der Waals surface area contributed by atoms with Crippen LogP contribution in [0.4, 0.5) is 5.69 Å². The van der Waals surface area contributed by atoms with Gasteiger partial charge in [-0.05, 0) is 23.6 Å². The molecule has 1 atom stereocenters. The molecule has 20 heavy (non-hydrogen) atoms. The van der Waals surface area contributed by atoms with E-state index in [1.54, 1.807) is 7.05 Å². The molecule has 0 aromatic heterocycles. The van der Waals surface area contributed by atoms with E-state index in [0.29, 0.717) is 12.4 Å². The highest BCUT2D eigenvalue weighted by atomic mass is 35.5. The summed E-state index contributed by atoms with van der Waals surface area (Å²) in [4.78, 5) is 2.01. The second kappa shape index (κ2) is 7.29. The van der Waals surface area contributed by atoms with Crippen molar-refractivity contribution in [2.75, 3.05) is 37.7 Å². The van der Waals surface area contributed by atoms with Gasteiger partial charge in [0, 0.05) is 39.3 Å². The normalized spacial score (nSPS) is 13.5. The van der Waals surface area contributed by atoms with Crippen molar-refractivity contribution < 1.29 is 8.42 Å². The molecular weight excluding hydrogens is 296 g/mol. The van der Waals surface area contributed by atoms with Crippen molar-refractivity contribution in [2.45, 2.75) is 13.5 Å². The van der Waals surface area contributed by atoms with Gasteiger partial charge in [0.2, 0.25) is 10.0 Å². The average molecular weight is 319 g/mol. The van der Waals surface area contributed by atoms with Gasteiger partial charge in [0.15, 0.2) is 0 Å². The molecule has 1 rings (SSSR count). The molecule has 1 aromatic carbocycles. The Hall–Kier alpha value is -0.780. The van der Waals surface area contributed by atoms with Gasteiger partial charge in [0.1, 0.15) is 0 Å². The summed E-state index contributed by atoms with van der Waals surface area (Å²) in [5.74, 6) is 0.396. The van der Waals surface area contributed by atoms with E-state index in [1.807, 2.05) is 50.2 Å². The fourth-order valence-corrected chi connectivity index (χ4v) is 3.46. The molecule has 0 aliphatic carbocycles. The molecule has 114 valence electrons. The first kappa shape index (κ1) is 17.3. The van der Waals surface area contributed by atoms with E-state index in [9.17, 15) is 8.42 Å². The summed E-state index contributed by atoms with van der Waals surface area (Å²) < 4.78 is 25.7. The van der Waals surface area contributed by atoms with Crippen LogP contribution in [-0.2, 0) is 16.6 Å². The van der Waals surface area contributed by atoms with Crippen LogP contribution in [0.3, 0.4) is 0 Å². The summed E-state index contributed by atoms with van der Waals surface area (Å²) in [7, 11) is 2.29. The SMILES string of the molecule is CC(CCl)CS(=O)(=O)N(C)Cc1ccc(N(C)C)cc1. The maximum atomic E-state index is 12.1. The van der Waals surface area contributed by atoms with Gasteiger partial charge in [-0.3, -0.25) is 0 Å². The Balaban J connectivity index is 2.72. The zero-order valence-electron chi connectivity index (χ0n) is 12.5. The van der Waals surface area contributed by atoms with Gasteiger partial charge in [0.25, 0.3) is 0 Å². The first-order chi connectivity index (χ1) is 9.26. The number of anilines is 1. The maximum absolute atomic E-state index is 12.1. The molecule has 0 amide bonds. The predicted octanol–water partition coefficient (Wildman–Crippen LogP) is 2.39. The Labute approximate surface area is 127 Å². The van der Waals surface area contributed by atoms with Crippen molar-refractivity contribution >= 4 is 27.3 Å². The highest BCUT2D eigenvalue weighted by Crippen LogP contribution is 2.15. The smallest absolute Gasteiger partial charge is 0.214 e. The number of hydrogen-bond donors (Lipinski definition) is 0. The lowest BCUT2D eigenvalue weighted by molar-refractivity contribution is 0.460. The number of alkyl halides is 1. The summed E-state index contributed by atoms with van der Waals surface area (Å²) in [5.41, 5.74) is 2.07. The van der Waals surface area contributed by atoms with Crippen molar-refractivity contribution in [3.63, 3.8) is 0 Å². The number of nitrogens with zero attached hydrogens (tertiary/aromatic N) is 2. The van der Waals surface area contributed by atoms with Crippen LogP contribution >= 0.6 is 11.6 Å². The number of sulfonamides is 1. The molecule has 6 heteroatoms. The largest absolute Gasteiger partial charge is 0.378 e. The van der Waals surface area contributed by atoms with Crippen LogP contribution in [0.1, 0.15) is 12.5 Å². The number of benzene rings is 1. The zero-order chi connectivity index (χ0) is 15.3. The fraction of sp³-hybridized carbons (Fsp3) is 0.571. The molecular formula is C14H23ClN2O2S. The van der Waals surface area contributed by atoms with E-state index in [4.69, 9.17) is 11.6 Å². The van der Waals surface area contributed by atoms with E-state index < -0.39 is 10.0 Å². The summed E-state index contributed by atoms with van der Waals surface area (Å²) in [6.45, 7) is 2.22. The number of hydrogen-bond acceptors (Lipinski definition) is 3. The molecule has 0 spiro atoms. The van der Waals surface area contributed by atoms with Gasteiger partial charge < -0.3 is 4.90 Å². The molecule has 4 nitrogen and oxygen atoms in total. The predicted molar refractivity (Wildman–Crippen MR) is 85.9 cm³/mol. The fourth-order valence-electron chi connectivity index (χ4n) is 1.79. The van der Waals surface area contributed by atoms with Crippen LogP contribution in [0.2, 0.25) is 0 Å². The molecule has 1 aromatic rings. The summed E-state index contributed by atoms with van der Waals surface area (Å²) in [6, 6.07) is 7.87. The van der Waals surface area contributed by atoms with Crippen LogP contribution in [0.15, 0.2) is 24.3 Å². The lowest BCUT2D eigenvalue weighted by Crippen LogP contribution is -2.31. The Morgan fingerprint density at radius 3 is 2.15 bits per heavy atom. The molecule has 0 N–H and O–H groups in total. The highest BCUT2D eigenvalue weighted by Gasteiger charge is 2.20. The Morgan fingerprint density at radius 1 is 1.15 bits per heavy atom. The minimum absolute atomic E-state index is 0.0415. The third-order valence-electron chi connectivity index (χ3n) is 3.09. The molecule has 0 radical (unpaired) electrons. The lowest BCUT2D eigenvalue weighted by atomic mass is 10.2. The number of halogens is 1. The summed E-state index contributed by atoms with van der Waals surface area (Å²) >= 11 is 5.68. The Morgan fingerprint density at radius 2 is 1.70 bits per heavy atom. The monoisotopic (exact) mass is 318 g/mol. The van der Waals surface area contributed by atoms with Crippen LogP contribution in [0.5, 0.6) is 0 Å². The molecule has 0 saturated carbocycles. The standard InChI is InChI=1S/C14H23ClN2O2S/c1-12(9-15)11-20(18,19)17(4)10-13-5-7-14(8-6-13)16(2)3/h5-8,12H,9-11H2,1-4H3. The average Bonchev–Trinajstić information content (AvgIpc) is 2.38. The minimum atomic E-state index is -3.26. The van der Waals surface area contributed by atoms with Crippen LogP contribution in [-0.4, -0.2) is 45.5 Å². The van der Waals surface area contributed by atoms with Gasteiger partial charge in [-0.25, -0.2) is 12.7 Å². The minimum Gasteiger partial charge on any atom is -0.378 e. The Bertz CT molecular complexity index is 514. The second-order valence-electron chi connectivity index (χ2n) is 5.35. The molecule has 0 aliphatic heterocycles. The maximum Gasteiger partial charge on any atom is 0.214 e. The van der Waals surface area contributed by atoms with Gasteiger partial charge in [0.05, 0.1) is 5.75 Å². The van der Waals surface area contributed by atoms with Crippen molar-refractivity contribution in [3.05, 3.63) is 29.8 Å². The van der Waals surface area contributed by atoms with E-state index in [1.165, 1.54) is 4.31 Å². The summed E-state index contributed by atoms with van der Waals surface area (Å²) in [5, 5.41) is 0. The van der Waals surface area contributed by atoms with Crippen LogP contribution in [0.25, 0.3) is 0 Å². The van der Waals surface area contributed by atoms with E-state index in [-0.39, 0.29) is 11.7 Å². The van der Waals surface area contributed by atoms with Crippen molar-refractivity contribution in [2.24, 2.45) is 5.92 Å². The number of rotatable bonds is 7. The van der Waals surface area contributed by atoms with Gasteiger partial charge in [-0.15, -0.1) is 11.6 Å². The van der Waals surface area contributed by atoms with Crippen molar-refractivity contribution in [3.8, 4) is 0 Å². The zero-order valence-corrected chi connectivity index (χ0v) is 14.1. The highest BCUT2D eigenvalue weighted by molar-refractivity contribution is 7.89. The quantitative estimate of drug-likeness (QED) is 0.725. The molecule has 1 unspecified atom stereocenters. The lowest BCUT2D eigenvalue weighted by Gasteiger charge is -2.19. The van der Waals surface area contributed by atoms with Crippen LogP contribution in [0, 0.1) is 5.92 Å². The van der Waals surface area contributed by atoms with Gasteiger partial charge in [-0.1, -0.05) is 19.1 Å². The second-order valence-corrected chi connectivity index (χ2v) is 7.78. The third kappa shape index (κ3) is 4.96. The van der Waals surface area contributed by atoms with Crippen molar-refractivity contribution in [1.29, 1.82) is 0 Å². The molecule has 0 bridgehead atoms. The van der Waals surface area contributed by atoms with Crippen LogP contribution < -0.4 is 4.90 Å². The molecule has 0 saturated heterocycles. The first-order valence-corrected chi connectivity index (χ1v) is 8.67. The van der Waals surface area contributed by atoms with E-state index >= 15 is 0 Å². The molecule has 0 fully saturated rings. The topological polar surface area (TPSA) is 40.6 Å². The van der Waals surface area contributed by atoms with Gasteiger partial charge in [-0.2, -0.15) is 0 Å². The Kier molecular flexibility index (Phi) is 6.30. The van der Waals surface area contributed by atoms with E-state index in [2.05, 4.69) is 0 Å². The molecule has 0 heterocycles.